The predicted molar refractivity (Wildman–Crippen MR) is 119 cm³/mol. The van der Waals surface area contributed by atoms with E-state index in [1.807, 2.05) is 56.4 Å². The molecule has 3 aromatic heterocycles. The first kappa shape index (κ1) is 18.3. The second kappa shape index (κ2) is 6.94. The summed E-state index contributed by atoms with van der Waals surface area (Å²) in [4.78, 5) is 13.3. The Balaban J connectivity index is 1.80. The van der Waals surface area contributed by atoms with Gasteiger partial charge in [0.2, 0.25) is 0 Å². The van der Waals surface area contributed by atoms with E-state index in [4.69, 9.17) is 0 Å². The molecule has 0 saturated heterocycles. The van der Waals surface area contributed by atoms with Crippen LogP contribution in [-0.2, 0) is 13.5 Å². The van der Waals surface area contributed by atoms with Crippen molar-refractivity contribution in [3.8, 4) is 27.8 Å². The minimum atomic E-state index is -0.188. The number of thiophene rings is 1. The maximum absolute atomic E-state index is 12.3. The summed E-state index contributed by atoms with van der Waals surface area (Å²) in [5, 5.41) is 24.0. The minimum absolute atomic E-state index is 0.188. The van der Waals surface area contributed by atoms with Crippen LogP contribution in [-0.4, -0.2) is 20.0 Å². The summed E-state index contributed by atoms with van der Waals surface area (Å²) in [6, 6.07) is 16.3. The van der Waals surface area contributed by atoms with E-state index < -0.39 is 0 Å². The number of fused-ring (bicyclic) bond motifs is 2. The molecule has 0 unspecified atom stereocenters. The molecule has 0 aliphatic rings. The second-order valence-electron chi connectivity index (χ2n) is 7.06. The van der Waals surface area contributed by atoms with Gasteiger partial charge >= 0.3 is 0 Å². The number of nitriles is 1. The van der Waals surface area contributed by atoms with E-state index in [2.05, 4.69) is 21.4 Å². The molecule has 1 N–H and O–H groups in total. The van der Waals surface area contributed by atoms with Crippen LogP contribution in [0.25, 0.3) is 42.6 Å². The Morgan fingerprint density at radius 3 is 2.80 bits per heavy atom. The van der Waals surface area contributed by atoms with E-state index in [0.29, 0.717) is 10.3 Å². The smallest absolute Gasteiger partial charge is 0.267 e. The number of aromatic amines is 1. The molecule has 0 fully saturated rings. The van der Waals surface area contributed by atoms with Crippen LogP contribution >= 0.6 is 11.3 Å². The van der Waals surface area contributed by atoms with Crippen molar-refractivity contribution < 1.29 is 0 Å². The first-order valence-electron chi connectivity index (χ1n) is 9.58. The predicted octanol–water partition coefficient (Wildman–Crippen LogP) is 4.64. The highest BCUT2D eigenvalue weighted by atomic mass is 32.1. The normalized spacial score (nSPS) is 11.2. The van der Waals surface area contributed by atoms with E-state index in [9.17, 15) is 10.1 Å². The molecular weight excluding hydrogens is 394 g/mol. The highest BCUT2D eigenvalue weighted by molar-refractivity contribution is 7.22. The highest BCUT2D eigenvalue weighted by Crippen LogP contribution is 2.40. The zero-order chi connectivity index (χ0) is 20.8. The number of hydrogen-bond acceptors (Lipinski definition) is 5. The Morgan fingerprint density at radius 2 is 2.00 bits per heavy atom. The molecule has 7 heteroatoms. The fourth-order valence-electron chi connectivity index (χ4n) is 3.93. The van der Waals surface area contributed by atoms with Gasteiger partial charge in [-0.1, -0.05) is 43.3 Å². The first-order valence-corrected chi connectivity index (χ1v) is 10.4. The van der Waals surface area contributed by atoms with E-state index in [-0.39, 0.29) is 5.56 Å². The Hall–Kier alpha value is -3.76. The van der Waals surface area contributed by atoms with Gasteiger partial charge in [0.1, 0.15) is 10.8 Å². The molecule has 5 rings (SSSR count). The van der Waals surface area contributed by atoms with Gasteiger partial charge in [-0.2, -0.15) is 15.5 Å². The van der Waals surface area contributed by atoms with E-state index in [1.165, 1.54) is 11.3 Å². The third kappa shape index (κ3) is 2.65. The number of aromatic nitrogens is 4. The van der Waals surface area contributed by atoms with Crippen LogP contribution in [0.4, 0.5) is 0 Å². The van der Waals surface area contributed by atoms with Gasteiger partial charge in [-0.15, -0.1) is 11.3 Å². The van der Waals surface area contributed by atoms with Crippen molar-refractivity contribution in [2.45, 2.75) is 13.3 Å². The summed E-state index contributed by atoms with van der Waals surface area (Å²) in [5.41, 5.74) is 3.87. The van der Waals surface area contributed by atoms with Gasteiger partial charge < -0.3 is 0 Å². The van der Waals surface area contributed by atoms with Gasteiger partial charge in [0, 0.05) is 33.8 Å². The first-order chi connectivity index (χ1) is 14.6. The fraction of sp³-hybridized carbons (Fsp3) is 0.130. The van der Waals surface area contributed by atoms with E-state index >= 15 is 0 Å². The lowest BCUT2D eigenvalue weighted by Crippen LogP contribution is -2.08. The van der Waals surface area contributed by atoms with Gasteiger partial charge in [0.25, 0.3) is 5.56 Å². The average Bonchev–Trinajstić information content (AvgIpc) is 3.37. The maximum Gasteiger partial charge on any atom is 0.282 e. The quantitative estimate of drug-likeness (QED) is 0.468. The second-order valence-corrected chi connectivity index (χ2v) is 8.11. The summed E-state index contributed by atoms with van der Waals surface area (Å²) in [6.45, 7) is 2.02. The van der Waals surface area contributed by atoms with E-state index in [0.717, 1.165) is 50.0 Å². The number of H-pyrrole nitrogens is 1. The number of nitrogens with zero attached hydrogens (tertiary/aromatic N) is 4. The third-order valence-corrected chi connectivity index (χ3v) is 6.54. The summed E-state index contributed by atoms with van der Waals surface area (Å²) in [7, 11) is 1.87. The summed E-state index contributed by atoms with van der Waals surface area (Å²) in [5.74, 6) is 0. The zero-order valence-corrected chi connectivity index (χ0v) is 17.2. The molecule has 0 saturated carbocycles. The van der Waals surface area contributed by atoms with Crippen LogP contribution in [0.3, 0.4) is 0 Å². The SMILES string of the molecule is CCc1n[nH]c(=O)c2sc(-c3cnn(C)c3-c3ccc4ccccc4c3C#N)cc12. The molecule has 0 aliphatic heterocycles. The molecule has 0 aliphatic carbocycles. The standard InChI is InChI=1S/C23H17N5OS/c1-3-19-16-10-20(30-22(16)23(29)27-26-19)18-12-25-28(2)21(18)15-9-8-13-6-4-5-7-14(13)17(15)11-24/h4-10,12H,3H2,1-2H3,(H,27,29). The van der Waals surface area contributed by atoms with Crippen LogP contribution in [0.5, 0.6) is 0 Å². The monoisotopic (exact) mass is 411 g/mol. The summed E-state index contributed by atoms with van der Waals surface area (Å²) >= 11 is 1.43. The topological polar surface area (TPSA) is 87.4 Å². The fourth-order valence-corrected chi connectivity index (χ4v) is 5.01. The van der Waals surface area contributed by atoms with Crippen LogP contribution < -0.4 is 5.56 Å². The van der Waals surface area contributed by atoms with Crippen LogP contribution in [0.15, 0.2) is 53.5 Å². The van der Waals surface area contributed by atoms with Gasteiger partial charge in [0.05, 0.1) is 23.1 Å². The van der Waals surface area contributed by atoms with Crippen molar-refractivity contribution in [2.24, 2.45) is 7.05 Å². The zero-order valence-electron chi connectivity index (χ0n) is 16.4. The van der Waals surface area contributed by atoms with Crippen molar-refractivity contribution in [3.63, 3.8) is 0 Å². The average molecular weight is 411 g/mol. The summed E-state index contributed by atoms with van der Waals surface area (Å²) < 4.78 is 2.44. The van der Waals surface area contributed by atoms with Crippen molar-refractivity contribution >= 4 is 32.2 Å². The van der Waals surface area contributed by atoms with Crippen molar-refractivity contribution in [1.29, 1.82) is 5.26 Å². The molecule has 0 amide bonds. The molecule has 6 nitrogen and oxygen atoms in total. The van der Waals surface area contributed by atoms with Crippen LogP contribution in [0.1, 0.15) is 18.2 Å². The lowest BCUT2D eigenvalue weighted by atomic mass is 9.95. The number of hydrogen-bond donors (Lipinski definition) is 1. The Bertz CT molecular complexity index is 1530. The molecule has 0 spiro atoms. The lowest BCUT2D eigenvalue weighted by Gasteiger charge is -2.10. The Labute approximate surface area is 176 Å². The molecule has 146 valence electrons. The van der Waals surface area contributed by atoms with Crippen molar-refractivity contribution in [1.82, 2.24) is 20.0 Å². The van der Waals surface area contributed by atoms with Crippen molar-refractivity contribution in [3.05, 3.63) is 70.3 Å². The number of rotatable bonds is 3. The molecule has 0 atom stereocenters. The van der Waals surface area contributed by atoms with Gasteiger partial charge in [-0.3, -0.25) is 9.48 Å². The molecule has 0 radical (unpaired) electrons. The Kier molecular flexibility index (Phi) is 4.23. The molecule has 2 aromatic carbocycles. The third-order valence-electron chi connectivity index (χ3n) is 5.38. The maximum atomic E-state index is 12.3. The largest absolute Gasteiger partial charge is 0.282 e. The van der Waals surface area contributed by atoms with Crippen LogP contribution in [0, 0.1) is 11.3 Å². The van der Waals surface area contributed by atoms with Gasteiger partial charge in [-0.25, -0.2) is 5.10 Å². The van der Waals surface area contributed by atoms with Gasteiger partial charge in [0.15, 0.2) is 0 Å². The molecule has 30 heavy (non-hydrogen) atoms. The van der Waals surface area contributed by atoms with Gasteiger partial charge in [-0.05, 0) is 17.9 Å². The minimum Gasteiger partial charge on any atom is -0.267 e. The van der Waals surface area contributed by atoms with E-state index in [1.54, 1.807) is 10.9 Å². The summed E-state index contributed by atoms with van der Waals surface area (Å²) in [6.07, 6.45) is 2.52. The van der Waals surface area contributed by atoms with Crippen molar-refractivity contribution in [2.75, 3.05) is 0 Å². The molecule has 0 bridgehead atoms. The molecule has 5 aromatic rings. The van der Waals surface area contributed by atoms with Crippen LogP contribution in [0.2, 0.25) is 0 Å². The molecule has 3 heterocycles. The number of nitrogens with one attached hydrogen (secondary N) is 1. The number of aryl methyl sites for hydroxylation is 2. The Morgan fingerprint density at radius 1 is 1.17 bits per heavy atom. The number of benzene rings is 2. The molecular formula is C23H17N5OS. The lowest BCUT2D eigenvalue weighted by molar-refractivity contribution is 0.776. The highest BCUT2D eigenvalue weighted by Gasteiger charge is 2.20.